The number of aryl methyl sites for hydroxylation is 1. The Hall–Kier alpha value is -1.84. The lowest BCUT2D eigenvalue weighted by Gasteiger charge is -2.11. The highest BCUT2D eigenvalue weighted by Crippen LogP contribution is 2.24. The van der Waals surface area contributed by atoms with Gasteiger partial charge in [-0.25, -0.2) is 0 Å². The second-order valence-corrected chi connectivity index (χ2v) is 7.03. The maximum absolute atomic E-state index is 12.0. The third-order valence-corrected chi connectivity index (χ3v) is 4.56. The van der Waals surface area contributed by atoms with Gasteiger partial charge in [0, 0.05) is 18.9 Å². The van der Waals surface area contributed by atoms with Crippen LogP contribution in [0.25, 0.3) is 0 Å². The monoisotopic (exact) mass is 348 g/mol. The van der Waals surface area contributed by atoms with Gasteiger partial charge in [0.25, 0.3) is 0 Å². The first kappa shape index (κ1) is 21.2. The summed E-state index contributed by atoms with van der Waals surface area (Å²) in [5, 5.41) is 0. The summed E-state index contributed by atoms with van der Waals surface area (Å²) in [6, 6.07) is 5.16. The third-order valence-electron chi connectivity index (χ3n) is 4.56. The Labute approximate surface area is 151 Å². The molecule has 25 heavy (non-hydrogen) atoms. The molecule has 0 saturated carbocycles. The third kappa shape index (κ3) is 8.71. The molecule has 0 aliphatic heterocycles. The van der Waals surface area contributed by atoms with Crippen LogP contribution in [-0.4, -0.2) is 11.9 Å². The number of ether oxygens (including phenoxy) is 2. The van der Waals surface area contributed by atoms with Gasteiger partial charge in [-0.05, 0) is 49.3 Å². The molecule has 0 radical (unpaired) electrons. The van der Waals surface area contributed by atoms with Crippen LogP contribution < -0.4 is 9.47 Å². The van der Waals surface area contributed by atoms with Crippen molar-refractivity contribution in [2.75, 3.05) is 0 Å². The van der Waals surface area contributed by atoms with Crippen LogP contribution in [0.2, 0.25) is 0 Å². The number of carbonyl (C=O) groups is 2. The number of hydrogen-bond acceptors (Lipinski definition) is 4. The molecule has 140 valence electrons. The van der Waals surface area contributed by atoms with E-state index in [1.54, 1.807) is 18.2 Å². The van der Waals surface area contributed by atoms with Crippen LogP contribution in [0, 0.1) is 18.8 Å². The topological polar surface area (TPSA) is 52.6 Å². The molecule has 0 saturated heterocycles. The van der Waals surface area contributed by atoms with E-state index in [4.69, 9.17) is 9.47 Å². The number of hydrogen-bond donors (Lipinski definition) is 0. The zero-order chi connectivity index (χ0) is 18.8. The van der Waals surface area contributed by atoms with E-state index in [0.717, 1.165) is 31.2 Å². The molecule has 1 aromatic carbocycles. The van der Waals surface area contributed by atoms with Gasteiger partial charge < -0.3 is 9.47 Å². The van der Waals surface area contributed by atoms with Crippen LogP contribution in [0.5, 0.6) is 11.5 Å². The van der Waals surface area contributed by atoms with E-state index in [0.29, 0.717) is 36.2 Å². The van der Waals surface area contributed by atoms with Crippen LogP contribution in [0.15, 0.2) is 18.2 Å². The van der Waals surface area contributed by atoms with Gasteiger partial charge in [-0.3, -0.25) is 9.59 Å². The fraction of sp³-hybridized carbons (Fsp3) is 0.619. The van der Waals surface area contributed by atoms with Gasteiger partial charge in [0.2, 0.25) is 0 Å². The fourth-order valence-corrected chi connectivity index (χ4v) is 2.33. The van der Waals surface area contributed by atoms with Crippen LogP contribution >= 0.6 is 0 Å². The molecule has 2 atom stereocenters. The van der Waals surface area contributed by atoms with Crippen molar-refractivity contribution in [2.24, 2.45) is 11.8 Å². The normalized spacial score (nSPS) is 13.2. The maximum Gasteiger partial charge on any atom is 0.311 e. The fourth-order valence-electron chi connectivity index (χ4n) is 2.33. The molecule has 0 aliphatic rings. The van der Waals surface area contributed by atoms with Crippen molar-refractivity contribution in [2.45, 2.75) is 73.1 Å². The quantitative estimate of drug-likeness (QED) is 0.416. The van der Waals surface area contributed by atoms with E-state index in [-0.39, 0.29) is 11.9 Å². The lowest BCUT2D eigenvalue weighted by Crippen LogP contribution is -2.11. The largest absolute Gasteiger partial charge is 0.426 e. The Morgan fingerprint density at radius 2 is 1.24 bits per heavy atom. The molecule has 2 unspecified atom stereocenters. The standard InChI is InChI=1S/C21H32O4/c1-6-15(3)8-10-20(22)24-18-12-17(5)13-19(14-18)25-21(23)11-9-16(4)7-2/h12-16H,6-11H2,1-5H3. The summed E-state index contributed by atoms with van der Waals surface area (Å²) in [6.45, 7) is 10.3. The van der Waals surface area contributed by atoms with Crippen molar-refractivity contribution >= 4 is 11.9 Å². The smallest absolute Gasteiger partial charge is 0.311 e. The molecular weight excluding hydrogens is 316 g/mol. The molecule has 4 heteroatoms. The van der Waals surface area contributed by atoms with Crippen molar-refractivity contribution in [3.63, 3.8) is 0 Å². The summed E-state index contributed by atoms with van der Waals surface area (Å²) in [5.41, 5.74) is 0.886. The van der Waals surface area contributed by atoms with Gasteiger partial charge in [0.1, 0.15) is 11.5 Å². The maximum atomic E-state index is 12.0. The summed E-state index contributed by atoms with van der Waals surface area (Å²) < 4.78 is 10.8. The zero-order valence-electron chi connectivity index (χ0n) is 16.3. The van der Waals surface area contributed by atoms with Crippen molar-refractivity contribution in [3.05, 3.63) is 23.8 Å². The second kappa shape index (κ2) is 10.9. The lowest BCUT2D eigenvalue weighted by atomic mass is 10.0. The minimum atomic E-state index is -0.250. The van der Waals surface area contributed by atoms with E-state index in [9.17, 15) is 9.59 Å². The minimum Gasteiger partial charge on any atom is -0.426 e. The number of benzene rings is 1. The second-order valence-electron chi connectivity index (χ2n) is 7.03. The molecule has 0 amide bonds. The molecular formula is C21H32O4. The number of rotatable bonds is 10. The van der Waals surface area contributed by atoms with Crippen molar-refractivity contribution in [1.29, 1.82) is 0 Å². The molecule has 0 fully saturated rings. The molecule has 0 spiro atoms. The highest BCUT2D eigenvalue weighted by molar-refractivity contribution is 5.74. The van der Waals surface area contributed by atoms with Gasteiger partial charge in [-0.15, -0.1) is 0 Å². The first-order chi connectivity index (χ1) is 11.8. The average molecular weight is 348 g/mol. The van der Waals surface area contributed by atoms with Crippen LogP contribution in [0.4, 0.5) is 0 Å². The van der Waals surface area contributed by atoms with Crippen molar-refractivity contribution in [1.82, 2.24) is 0 Å². The molecule has 0 aliphatic carbocycles. The summed E-state index contributed by atoms with van der Waals surface area (Å²) >= 11 is 0. The van der Waals surface area contributed by atoms with E-state index < -0.39 is 0 Å². The van der Waals surface area contributed by atoms with Gasteiger partial charge >= 0.3 is 11.9 Å². The van der Waals surface area contributed by atoms with E-state index in [2.05, 4.69) is 27.7 Å². The van der Waals surface area contributed by atoms with E-state index in [1.807, 2.05) is 6.92 Å². The first-order valence-electron chi connectivity index (χ1n) is 9.37. The summed E-state index contributed by atoms with van der Waals surface area (Å²) in [5.74, 6) is 1.37. The predicted octanol–water partition coefficient (Wildman–Crippen LogP) is 5.46. The van der Waals surface area contributed by atoms with Gasteiger partial charge in [0.05, 0.1) is 0 Å². The highest BCUT2D eigenvalue weighted by Gasteiger charge is 2.12. The highest BCUT2D eigenvalue weighted by atomic mass is 16.5. The molecule has 1 rings (SSSR count). The summed E-state index contributed by atoms with van der Waals surface area (Å²) in [4.78, 5) is 23.9. The van der Waals surface area contributed by atoms with Gasteiger partial charge in [-0.2, -0.15) is 0 Å². The van der Waals surface area contributed by atoms with E-state index in [1.165, 1.54) is 0 Å². The Bertz CT molecular complexity index is 519. The summed E-state index contributed by atoms with van der Waals surface area (Å²) in [7, 11) is 0. The Morgan fingerprint density at radius 3 is 1.60 bits per heavy atom. The molecule has 4 nitrogen and oxygen atoms in total. The van der Waals surface area contributed by atoms with Crippen LogP contribution in [0.3, 0.4) is 0 Å². The van der Waals surface area contributed by atoms with E-state index >= 15 is 0 Å². The Kier molecular flexibility index (Phi) is 9.25. The minimum absolute atomic E-state index is 0.250. The predicted molar refractivity (Wildman–Crippen MR) is 99.8 cm³/mol. The SMILES string of the molecule is CCC(C)CCC(=O)Oc1cc(C)cc(OC(=O)CCC(C)CC)c1. The zero-order valence-corrected chi connectivity index (χ0v) is 16.3. The Morgan fingerprint density at radius 1 is 0.840 bits per heavy atom. The van der Waals surface area contributed by atoms with Crippen molar-refractivity contribution in [3.8, 4) is 11.5 Å². The average Bonchev–Trinajstić information content (AvgIpc) is 2.56. The number of esters is 2. The summed E-state index contributed by atoms with van der Waals surface area (Å²) in [6.07, 6.45) is 4.53. The van der Waals surface area contributed by atoms with Crippen LogP contribution in [0.1, 0.15) is 71.8 Å². The molecule has 0 heterocycles. The first-order valence-corrected chi connectivity index (χ1v) is 9.37. The van der Waals surface area contributed by atoms with Crippen molar-refractivity contribution < 1.29 is 19.1 Å². The lowest BCUT2D eigenvalue weighted by molar-refractivity contribution is -0.135. The number of carbonyl (C=O) groups excluding carboxylic acids is 2. The van der Waals surface area contributed by atoms with Crippen LogP contribution in [-0.2, 0) is 9.59 Å². The van der Waals surface area contributed by atoms with Gasteiger partial charge in [0.15, 0.2) is 0 Å². The molecule has 0 N–H and O–H groups in total. The molecule has 0 aromatic heterocycles. The van der Waals surface area contributed by atoms with Gasteiger partial charge in [-0.1, -0.05) is 40.5 Å². The molecule has 1 aromatic rings. The molecule has 0 bridgehead atoms. The Balaban J connectivity index is 2.60.